The molecule has 1 aliphatic carbocycles. The molecule has 0 aromatic carbocycles. The van der Waals surface area contributed by atoms with E-state index in [1.54, 1.807) is 12.3 Å². The lowest BCUT2D eigenvalue weighted by atomic mass is 10.1. The van der Waals surface area contributed by atoms with Gasteiger partial charge in [-0.15, -0.1) is 23.1 Å². The van der Waals surface area contributed by atoms with Crippen LogP contribution in [0.5, 0.6) is 0 Å². The Balaban J connectivity index is 1.50. The van der Waals surface area contributed by atoms with Crippen LogP contribution >= 0.6 is 23.1 Å². The number of carboxylic acid groups (broad SMARTS) is 1. The number of hydrogen-bond donors (Lipinski definition) is 3. The van der Waals surface area contributed by atoms with E-state index in [9.17, 15) is 19.5 Å². The lowest BCUT2D eigenvalue weighted by Crippen LogP contribution is -2.69. The van der Waals surface area contributed by atoms with E-state index in [2.05, 4.69) is 15.5 Å². The van der Waals surface area contributed by atoms with Gasteiger partial charge in [0.2, 0.25) is 0 Å². The van der Waals surface area contributed by atoms with E-state index >= 15 is 0 Å². The quantitative estimate of drug-likeness (QED) is 0.251. The third kappa shape index (κ3) is 3.79. The fourth-order valence-electron chi connectivity index (χ4n) is 3.29. The van der Waals surface area contributed by atoms with Crippen molar-refractivity contribution >= 4 is 51.7 Å². The van der Waals surface area contributed by atoms with Gasteiger partial charge in [-0.3, -0.25) is 9.59 Å². The molecule has 0 bridgehead atoms. The number of nitrogens with one attached hydrogen (secondary N) is 1. The Labute approximate surface area is 179 Å². The number of carbonyl (C=O) groups excluding carboxylic acids is 2. The summed E-state index contributed by atoms with van der Waals surface area (Å²) in [6, 6.07) is -0.802. The molecule has 1 aromatic rings. The van der Waals surface area contributed by atoms with Crippen LogP contribution in [0.25, 0.3) is 0 Å². The second-order valence-electron chi connectivity index (χ2n) is 6.92. The van der Waals surface area contributed by atoms with Crippen molar-refractivity contribution in [3.63, 3.8) is 0 Å². The molecule has 12 heteroatoms. The largest absolute Gasteiger partial charge is 0.478 e. The van der Waals surface area contributed by atoms with E-state index < -0.39 is 17.9 Å². The van der Waals surface area contributed by atoms with Crippen LogP contribution in [0.2, 0.25) is 0 Å². The maximum absolute atomic E-state index is 12.9. The van der Waals surface area contributed by atoms with E-state index in [1.165, 1.54) is 22.9 Å². The summed E-state index contributed by atoms with van der Waals surface area (Å²) < 4.78 is 0. The summed E-state index contributed by atoms with van der Waals surface area (Å²) in [6.45, 7) is 1.75. The highest BCUT2D eigenvalue weighted by molar-refractivity contribution is 8.00. The third-order valence-corrected chi connectivity index (χ3v) is 7.01. The minimum absolute atomic E-state index is 0.0647. The number of aliphatic carboxylic acids is 1. The Morgan fingerprint density at radius 2 is 2.27 bits per heavy atom. The molecule has 1 aromatic heterocycles. The van der Waals surface area contributed by atoms with Gasteiger partial charge in [-0.05, 0) is 25.8 Å². The number of carbonyl (C=O) groups is 3. The van der Waals surface area contributed by atoms with Crippen molar-refractivity contribution < 1.29 is 24.3 Å². The molecule has 2 amide bonds. The zero-order valence-corrected chi connectivity index (χ0v) is 17.5. The number of oxime groups is 1. The van der Waals surface area contributed by atoms with Crippen molar-refractivity contribution in [1.82, 2.24) is 15.2 Å². The van der Waals surface area contributed by atoms with Gasteiger partial charge in [0, 0.05) is 16.8 Å². The number of aromatic nitrogens is 1. The minimum atomic E-state index is -1.07. The highest BCUT2D eigenvalue weighted by Gasteiger charge is 2.52. The number of thioether (sulfide) groups is 1. The zero-order chi connectivity index (χ0) is 21.4. The van der Waals surface area contributed by atoms with Crippen molar-refractivity contribution in [1.29, 1.82) is 0 Å². The molecule has 4 rings (SSSR count). The van der Waals surface area contributed by atoms with Crippen LogP contribution in [-0.4, -0.2) is 61.3 Å². The Morgan fingerprint density at radius 3 is 2.90 bits per heavy atom. The smallest absolute Gasteiger partial charge is 0.334 e. The summed E-state index contributed by atoms with van der Waals surface area (Å²) in [4.78, 5) is 47.6. The van der Waals surface area contributed by atoms with Gasteiger partial charge in [0.1, 0.15) is 23.2 Å². The number of amides is 2. The average molecular weight is 450 g/mol. The molecule has 4 N–H and O–H groups in total. The summed E-state index contributed by atoms with van der Waals surface area (Å²) in [7, 11) is 0. The highest BCUT2D eigenvalue weighted by Crippen LogP contribution is 2.40. The molecule has 3 unspecified atom stereocenters. The van der Waals surface area contributed by atoms with Crippen LogP contribution < -0.4 is 11.1 Å². The molecule has 0 saturated carbocycles. The number of allylic oxidation sites excluding steroid dienone is 1. The van der Waals surface area contributed by atoms with Crippen molar-refractivity contribution in [2.24, 2.45) is 5.16 Å². The Bertz CT molecular complexity index is 987. The topological polar surface area (TPSA) is 147 Å². The molecule has 10 nitrogen and oxygen atoms in total. The number of nitrogens with zero attached hydrogens (tertiary/aromatic N) is 3. The first-order valence-electron chi connectivity index (χ1n) is 9.20. The van der Waals surface area contributed by atoms with Crippen molar-refractivity contribution in [2.75, 3.05) is 5.73 Å². The lowest BCUT2D eigenvalue weighted by molar-refractivity contribution is -0.144. The number of carboxylic acids is 1. The number of rotatable bonds is 6. The number of anilines is 1. The lowest BCUT2D eigenvalue weighted by Gasteiger charge is -2.48. The predicted molar refractivity (Wildman–Crippen MR) is 112 cm³/mol. The highest BCUT2D eigenvalue weighted by atomic mass is 32.2. The first-order chi connectivity index (χ1) is 14.3. The number of β-lactam (4-membered cyclic amide) rings is 1. The van der Waals surface area contributed by atoms with Crippen LogP contribution in [-0.2, 0) is 19.2 Å². The van der Waals surface area contributed by atoms with Gasteiger partial charge in [0.25, 0.3) is 11.8 Å². The zero-order valence-electron chi connectivity index (χ0n) is 15.8. The summed E-state index contributed by atoms with van der Waals surface area (Å²) >= 11 is 2.46. The van der Waals surface area contributed by atoms with Gasteiger partial charge in [-0.2, -0.15) is 0 Å². The first kappa shape index (κ1) is 20.4. The molecule has 3 heterocycles. The van der Waals surface area contributed by atoms with E-state index in [0.29, 0.717) is 0 Å². The van der Waals surface area contributed by atoms with Crippen molar-refractivity contribution in [2.45, 2.75) is 42.5 Å². The Hall–Kier alpha value is -2.86. The third-order valence-electron chi connectivity index (χ3n) is 4.90. The van der Waals surface area contributed by atoms with Gasteiger partial charge in [0.15, 0.2) is 10.8 Å². The van der Waals surface area contributed by atoms with Crippen molar-refractivity contribution in [3.8, 4) is 0 Å². The van der Waals surface area contributed by atoms with Gasteiger partial charge in [-0.25, -0.2) is 9.78 Å². The summed E-state index contributed by atoms with van der Waals surface area (Å²) in [5.74, 6) is -2.06. The standard InChI is InChI=1S/C18H19N5O5S2/c1-8-10(17(26)27)6-23-15(25)13(16(23)30-8)21-14(24)12(11-7-29-18(19)20-11)22-28-9-4-2-3-5-9/h2,4,6-9,13,16H,3,5H2,1H3,(H2,19,20)(H,21,24)(H,26,27)/t8?,9?,13?,16-/m1/s1. The maximum atomic E-state index is 12.9. The van der Waals surface area contributed by atoms with Gasteiger partial charge >= 0.3 is 5.97 Å². The Kier molecular flexibility index (Phi) is 5.52. The molecule has 0 spiro atoms. The number of thiazole rings is 1. The molecular formula is C18H19N5O5S2. The van der Waals surface area contributed by atoms with Gasteiger partial charge < -0.3 is 25.9 Å². The number of nitrogens with two attached hydrogens (primary N) is 1. The summed E-state index contributed by atoms with van der Waals surface area (Å²) in [5, 5.41) is 17.1. The molecule has 0 radical (unpaired) electrons. The fourth-order valence-corrected chi connectivity index (χ4v) is 5.20. The number of hydrogen-bond acceptors (Lipinski definition) is 9. The monoisotopic (exact) mass is 449 g/mol. The van der Waals surface area contributed by atoms with E-state index in [-0.39, 0.29) is 44.7 Å². The molecular weight excluding hydrogens is 430 g/mol. The maximum Gasteiger partial charge on any atom is 0.334 e. The SMILES string of the molecule is CC1S[C@@H]2C(NC(=O)C(=NOC3C=CCC3)c3csc(N)n3)C(=O)N2C=C1C(=O)O. The van der Waals surface area contributed by atoms with Crippen LogP contribution in [0.3, 0.4) is 0 Å². The molecule has 3 aliphatic rings. The normalized spacial score (nSPS) is 27.9. The molecule has 1 fully saturated rings. The summed E-state index contributed by atoms with van der Waals surface area (Å²) in [5.41, 5.74) is 6.03. The second-order valence-corrected chi connectivity index (χ2v) is 9.27. The van der Waals surface area contributed by atoms with Gasteiger partial charge in [-0.1, -0.05) is 11.2 Å². The molecule has 2 aliphatic heterocycles. The van der Waals surface area contributed by atoms with Crippen LogP contribution in [0.1, 0.15) is 25.5 Å². The predicted octanol–water partition coefficient (Wildman–Crippen LogP) is 0.921. The number of nitrogen functional groups attached to an aromatic ring is 1. The minimum Gasteiger partial charge on any atom is -0.478 e. The van der Waals surface area contributed by atoms with Crippen LogP contribution in [0.4, 0.5) is 5.13 Å². The molecule has 1 saturated heterocycles. The average Bonchev–Trinajstić information content (AvgIpc) is 3.37. The van der Waals surface area contributed by atoms with E-state index in [1.807, 2.05) is 12.2 Å². The van der Waals surface area contributed by atoms with Gasteiger partial charge in [0.05, 0.1) is 5.57 Å². The van der Waals surface area contributed by atoms with Crippen molar-refractivity contribution in [3.05, 3.63) is 35.0 Å². The van der Waals surface area contributed by atoms with Crippen LogP contribution in [0.15, 0.2) is 34.5 Å². The first-order valence-corrected chi connectivity index (χ1v) is 11.0. The van der Waals surface area contributed by atoms with E-state index in [4.69, 9.17) is 10.6 Å². The molecule has 158 valence electrons. The fraction of sp³-hybridized carbons (Fsp3) is 0.389. The summed E-state index contributed by atoms with van der Waals surface area (Å²) in [6.07, 6.45) is 6.60. The van der Waals surface area contributed by atoms with Crippen LogP contribution in [0, 0.1) is 0 Å². The Morgan fingerprint density at radius 1 is 1.47 bits per heavy atom. The van der Waals surface area contributed by atoms with E-state index in [0.717, 1.165) is 24.2 Å². The second kappa shape index (κ2) is 8.11. The molecule has 30 heavy (non-hydrogen) atoms. The molecule has 4 atom stereocenters. The number of fused-ring (bicyclic) bond motifs is 1.